The van der Waals surface area contributed by atoms with Gasteiger partial charge in [-0.25, -0.2) is 19.0 Å². The quantitative estimate of drug-likeness (QED) is 0.643. The van der Waals surface area contributed by atoms with Crippen molar-refractivity contribution in [2.75, 3.05) is 7.11 Å². The Morgan fingerprint density at radius 2 is 1.96 bits per heavy atom. The molecule has 0 saturated heterocycles. The molecule has 0 saturated carbocycles. The fraction of sp³-hybridized carbons (Fsp3) is 0.0556. The lowest BCUT2D eigenvalue weighted by atomic mass is 10.1. The number of methoxy groups -OCH3 is 1. The lowest BCUT2D eigenvalue weighted by Crippen LogP contribution is -2.05. The van der Waals surface area contributed by atoms with E-state index in [-0.39, 0.29) is 11.6 Å². The summed E-state index contributed by atoms with van der Waals surface area (Å²) in [4.78, 5) is 27.4. The molecule has 0 bridgehead atoms. The molecule has 0 aliphatic carbocycles. The highest BCUT2D eigenvalue weighted by atomic mass is 19.1. The predicted octanol–water partition coefficient (Wildman–Crippen LogP) is 2.96. The Kier molecular flexibility index (Phi) is 4.20. The van der Waals surface area contributed by atoms with Gasteiger partial charge >= 0.3 is 11.9 Å². The van der Waals surface area contributed by atoms with Crippen LogP contribution in [0.15, 0.2) is 59.2 Å². The number of hydrogen-bond donors (Lipinski definition) is 0. The van der Waals surface area contributed by atoms with Crippen LogP contribution in [-0.2, 0) is 14.3 Å². The van der Waals surface area contributed by atoms with Crippen molar-refractivity contribution in [3.63, 3.8) is 0 Å². The Morgan fingerprint density at radius 3 is 2.62 bits per heavy atom. The normalized spacial score (nSPS) is 15.2. The summed E-state index contributed by atoms with van der Waals surface area (Å²) in [6, 6.07) is 12.1. The number of carbonyl (C=O) groups is 2. The molecular weight excluding hydrogens is 313 g/mol. The average Bonchev–Trinajstić information content (AvgIpc) is 2.96. The molecule has 3 rings (SSSR count). The number of halogens is 1. The largest absolute Gasteiger partial charge is 0.465 e. The van der Waals surface area contributed by atoms with Crippen molar-refractivity contribution >= 4 is 23.9 Å². The number of rotatable bonds is 3. The van der Waals surface area contributed by atoms with Crippen LogP contribution < -0.4 is 0 Å². The predicted molar refractivity (Wildman–Crippen MR) is 84.8 cm³/mol. The van der Waals surface area contributed by atoms with E-state index in [0.717, 1.165) is 0 Å². The van der Waals surface area contributed by atoms with E-state index in [4.69, 9.17) is 4.74 Å². The van der Waals surface area contributed by atoms with E-state index in [1.54, 1.807) is 30.3 Å². The SMILES string of the molecule is COC(=O)c1ccc(/C=C2/N=C(c3cccc(F)c3)OC2=O)cc1. The van der Waals surface area contributed by atoms with Crippen molar-refractivity contribution < 1.29 is 23.5 Å². The second-order valence-electron chi connectivity index (χ2n) is 4.96. The highest BCUT2D eigenvalue weighted by molar-refractivity contribution is 6.12. The molecule has 0 aromatic heterocycles. The van der Waals surface area contributed by atoms with E-state index in [1.165, 1.54) is 31.4 Å². The molecule has 5 nitrogen and oxygen atoms in total. The Hall–Kier alpha value is -3.28. The van der Waals surface area contributed by atoms with Crippen LogP contribution in [0.3, 0.4) is 0 Å². The Morgan fingerprint density at radius 1 is 1.21 bits per heavy atom. The minimum absolute atomic E-state index is 0.0527. The lowest BCUT2D eigenvalue weighted by molar-refractivity contribution is -0.129. The first-order valence-corrected chi connectivity index (χ1v) is 7.04. The molecule has 1 aliphatic rings. The summed E-state index contributed by atoms with van der Waals surface area (Å²) >= 11 is 0. The molecule has 0 amide bonds. The maximum atomic E-state index is 13.2. The molecule has 2 aromatic carbocycles. The van der Waals surface area contributed by atoms with Gasteiger partial charge in [-0.15, -0.1) is 0 Å². The van der Waals surface area contributed by atoms with Gasteiger partial charge in [0.05, 0.1) is 12.7 Å². The number of ether oxygens (including phenoxy) is 2. The van der Waals surface area contributed by atoms with Crippen molar-refractivity contribution in [3.8, 4) is 0 Å². The minimum atomic E-state index is -0.619. The van der Waals surface area contributed by atoms with Crippen molar-refractivity contribution in [1.82, 2.24) is 0 Å². The first-order chi connectivity index (χ1) is 11.6. The fourth-order valence-electron chi connectivity index (χ4n) is 2.15. The second-order valence-corrected chi connectivity index (χ2v) is 4.96. The highest BCUT2D eigenvalue weighted by Crippen LogP contribution is 2.20. The van der Waals surface area contributed by atoms with E-state index in [1.807, 2.05) is 0 Å². The number of aliphatic imine (C=N–C) groups is 1. The van der Waals surface area contributed by atoms with Crippen LogP contribution in [0.25, 0.3) is 6.08 Å². The van der Waals surface area contributed by atoms with Crippen LogP contribution >= 0.6 is 0 Å². The van der Waals surface area contributed by atoms with Gasteiger partial charge in [0.2, 0.25) is 5.90 Å². The average molecular weight is 325 g/mol. The molecule has 6 heteroatoms. The van der Waals surface area contributed by atoms with Gasteiger partial charge < -0.3 is 9.47 Å². The van der Waals surface area contributed by atoms with Crippen LogP contribution in [0.4, 0.5) is 4.39 Å². The zero-order valence-electron chi connectivity index (χ0n) is 12.7. The smallest absolute Gasteiger partial charge is 0.363 e. The summed E-state index contributed by atoms with van der Waals surface area (Å²) in [5, 5.41) is 0. The topological polar surface area (TPSA) is 65.0 Å². The monoisotopic (exact) mass is 325 g/mol. The number of benzene rings is 2. The zero-order valence-corrected chi connectivity index (χ0v) is 12.7. The highest BCUT2D eigenvalue weighted by Gasteiger charge is 2.24. The molecule has 0 fully saturated rings. The summed E-state index contributed by atoms with van der Waals surface area (Å²) in [5.41, 5.74) is 1.55. The molecule has 24 heavy (non-hydrogen) atoms. The van der Waals surface area contributed by atoms with Gasteiger partial charge in [0.1, 0.15) is 5.82 Å². The van der Waals surface area contributed by atoms with Crippen LogP contribution in [-0.4, -0.2) is 24.9 Å². The van der Waals surface area contributed by atoms with Gasteiger partial charge in [0.15, 0.2) is 5.70 Å². The maximum Gasteiger partial charge on any atom is 0.363 e. The van der Waals surface area contributed by atoms with Crippen molar-refractivity contribution in [2.24, 2.45) is 4.99 Å². The molecular formula is C18H12FNO4. The van der Waals surface area contributed by atoms with E-state index in [2.05, 4.69) is 9.73 Å². The number of hydrogen-bond acceptors (Lipinski definition) is 5. The van der Waals surface area contributed by atoms with Gasteiger partial charge in [0.25, 0.3) is 0 Å². The van der Waals surface area contributed by atoms with Gasteiger partial charge in [-0.3, -0.25) is 0 Å². The van der Waals surface area contributed by atoms with Crippen LogP contribution in [0, 0.1) is 5.82 Å². The van der Waals surface area contributed by atoms with Crippen LogP contribution in [0.2, 0.25) is 0 Å². The molecule has 120 valence electrons. The number of esters is 2. The second kappa shape index (κ2) is 6.45. The van der Waals surface area contributed by atoms with Crippen molar-refractivity contribution in [1.29, 1.82) is 0 Å². The van der Waals surface area contributed by atoms with E-state index >= 15 is 0 Å². The Balaban J connectivity index is 1.87. The molecule has 2 aromatic rings. The Labute approximate surface area is 137 Å². The van der Waals surface area contributed by atoms with Gasteiger partial charge in [0, 0.05) is 5.56 Å². The molecule has 0 atom stereocenters. The minimum Gasteiger partial charge on any atom is -0.465 e. The Bertz CT molecular complexity index is 869. The molecule has 0 unspecified atom stereocenters. The number of cyclic esters (lactones) is 1. The first-order valence-electron chi connectivity index (χ1n) is 7.04. The third-order valence-corrected chi connectivity index (χ3v) is 3.33. The summed E-state index contributed by atoms with van der Waals surface area (Å²) < 4.78 is 22.9. The molecule has 1 aliphatic heterocycles. The van der Waals surface area contributed by atoms with Crippen molar-refractivity contribution in [3.05, 3.63) is 76.7 Å². The summed E-state index contributed by atoms with van der Waals surface area (Å²) in [6.07, 6.45) is 1.52. The first kappa shape index (κ1) is 15.6. The standard InChI is InChI=1S/C18H12FNO4/c1-23-17(21)12-7-5-11(6-8-12)9-15-18(22)24-16(20-15)13-3-2-4-14(19)10-13/h2-10H,1H3/b15-9+. The van der Waals surface area contributed by atoms with Gasteiger partial charge in [-0.2, -0.15) is 0 Å². The summed E-state index contributed by atoms with van der Waals surface area (Å²) in [7, 11) is 1.30. The number of carbonyl (C=O) groups excluding carboxylic acids is 2. The van der Waals surface area contributed by atoms with Gasteiger partial charge in [-0.05, 0) is 42.0 Å². The molecule has 0 N–H and O–H groups in total. The lowest BCUT2D eigenvalue weighted by Gasteiger charge is -1.99. The van der Waals surface area contributed by atoms with Gasteiger partial charge in [-0.1, -0.05) is 18.2 Å². The maximum absolute atomic E-state index is 13.2. The molecule has 0 spiro atoms. The van der Waals surface area contributed by atoms with E-state index < -0.39 is 17.8 Å². The van der Waals surface area contributed by atoms with Crippen molar-refractivity contribution in [2.45, 2.75) is 0 Å². The van der Waals surface area contributed by atoms with E-state index in [0.29, 0.717) is 16.7 Å². The van der Waals surface area contributed by atoms with Crippen LogP contribution in [0.5, 0.6) is 0 Å². The van der Waals surface area contributed by atoms with E-state index in [9.17, 15) is 14.0 Å². The third-order valence-electron chi connectivity index (χ3n) is 3.33. The third kappa shape index (κ3) is 3.22. The zero-order chi connectivity index (χ0) is 17.1. The fourth-order valence-corrected chi connectivity index (χ4v) is 2.15. The van der Waals surface area contributed by atoms with Crippen LogP contribution in [0.1, 0.15) is 21.5 Å². The number of nitrogens with zero attached hydrogens (tertiary/aromatic N) is 1. The molecule has 0 radical (unpaired) electrons. The molecule has 1 heterocycles. The summed E-state index contributed by atoms with van der Waals surface area (Å²) in [6.45, 7) is 0. The summed E-state index contributed by atoms with van der Waals surface area (Å²) in [5.74, 6) is -1.45.